The van der Waals surface area contributed by atoms with Crippen LogP contribution in [-0.2, 0) is 9.53 Å². The van der Waals surface area contributed by atoms with Crippen molar-refractivity contribution < 1.29 is 14.6 Å². The monoisotopic (exact) mass is 596 g/mol. The van der Waals surface area contributed by atoms with Crippen LogP contribution >= 0.6 is 0 Å². The largest absolute Gasteiger partial charge is 0.464 e. The molecule has 42 heavy (non-hydrogen) atoms. The molecule has 1 aliphatic rings. The molecule has 1 fully saturated rings. The van der Waals surface area contributed by atoms with Crippen molar-refractivity contribution >= 4 is 5.97 Å². The third kappa shape index (κ3) is 23.7. The Balaban J connectivity index is 2.32. The maximum atomic E-state index is 12.4. The van der Waals surface area contributed by atoms with Crippen molar-refractivity contribution in [3.8, 4) is 0 Å². The minimum Gasteiger partial charge on any atom is -0.464 e. The summed E-state index contributed by atoms with van der Waals surface area (Å²) in [4.78, 5) is 19.6. The molecule has 0 saturated carbocycles. The van der Waals surface area contributed by atoms with Gasteiger partial charge in [0.1, 0.15) is 6.61 Å². The quantitative estimate of drug-likeness (QED) is 0.0700. The normalized spacial score (nSPS) is 16.2. The van der Waals surface area contributed by atoms with Crippen LogP contribution in [0.2, 0.25) is 0 Å². The van der Waals surface area contributed by atoms with Crippen LogP contribution in [0.4, 0.5) is 0 Å². The highest BCUT2D eigenvalue weighted by Gasteiger charge is 2.17. The van der Waals surface area contributed by atoms with Crippen molar-refractivity contribution in [3.05, 3.63) is 0 Å². The molecule has 0 spiro atoms. The summed E-state index contributed by atoms with van der Waals surface area (Å²) in [6.07, 6.45) is 24.5. The van der Waals surface area contributed by atoms with Crippen LogP contribution < -0.4 is 0 Å². The number of carbonyl (C=O) groups excluding carboxylic acids is 1. The molecule has 0 radical (unpaired) electrons. The van der Waals surface area contributed by atoms with Crippen molar-refractivity contribution in [1.29, 1.82) is 0 Å². The van der Waals surface area contributed by atoms with Gasteiger partial charge in [-0.3, -0.25) is 9.69 Å². The molecule has 2 unspecified atom stereocenters. The number of likely N-dealkylation sites (N-methyl/N-ethyl adjacent to an activating group) is 1. The summed E-state index contributed by atoms with van der Waals surface area (Å²) in [6.45, 7) is 15.2. The first-order valence-electron chi connectivity index (χ1n) is 18.4. The smallest absolute Gasteiger partial charge is 0.305 e. The molecule has 1 rings (SSSR count). The molecule has 1 aliphatic heterocycles. The third-order valence-electron chi connectivity index (χ3n) is 9.10. The lowest BCUT2D eigenvalue weighted by Crippen LogP contribution is -2.45. The summed E-state index contributed by atoms with van der Waals surface area (Å²) >= 11 is 0. The van der Waals surface area contributed by atoms with E-state index in [0.717, 1.165) is 71.6 Å². The second-order valence-electron chi connectivity index (χ2n) is 13.5. The Kier molecular flexibility index (Phi) is 26.1. The maximum Gasteiger partial charge on any atom is 0.305 e. The molecule has 1 saturated heterocycles. The Morgan fingerprint density at radius 1 is 0.738 bits per heavy atom. The number of hydrogen-bond donors (Lipinski definition) is 1. The van der Waals surface area contributed by atoms with Crippen molar-refractivity contribution in [2.24, 2.45) is 5.92 Å². The average Bonchev–Trinajstić information content (AvgIpc) is 2.97. The van der Waals surface area contributed by atoms with Crippen LogP contribution in [0.5, 0.6) is 0 Å². The molecule has 6 heteroatoms. The molecular formula is C36H73N3O3. The molecule has 0 amide bonds. The molecule has 0 bridgehead atoms. The topological polar surface area (TPSA) is 56.2 Å². The molecule has 2 atom stereocenters. The van der Waals surface area contributed by atoms with Crippen molar-refractivity contribution in [1.82, 2.24) is 14.7 Å². The maximum absolute atomic E-state index is 12.4. The fourth-order valence-electron chi connectivity index (χ4n) is 6.20. The van der Waals surface area contributed by atoms with Gasteiger partial charge in [0.05, 0.1) is 6.10 Å². The van der Waals surface area contributed by atoms with Gasteiger partial charge in [-0.15, -0.1) is 0 Å². The molecular weight excluding hydrogens is 522 g/mol. The van der Waals surface area contributed by atoms with E-state index < -0.39 is 0 Å². The number of rotatable bonds is 29. The minimum atomic E-state index is -0.268. The highest BCUT2D eigenvalue weighted by Crippen LogP contribution is 2.16. The number of hydrogen-bond acceptors (Lipinski definition) is 6. The summed E-state index contributed by atoms with van der Waals surface area (Å²) in [6, 6.07) is 0. The predicted molar refractivity (Wildman–Crippen MR) is 180 cm³/mol. The van der Waals surface area contributed by atoms with E-state index in [4.69, 9.17) is 4.74 Å². The Morgan fingerprint density at radius 2 is 1.26 bits per heavy atom. The molecule has 0 aromatic carbocycles. The SMILES string of the molecule is CCCCCCCCCCC(C)CN(CCCC(=O)OCCN1CCN(C)CC1)CC(O)CCCCCCCCCC. The van der Waals surface area contributed by atoms with Gasteiger partial charge in [-0.1, -0.05) is 124 Å². The van der Waals surface area contributed by atoms with E-state index >= 15 is 0 Å². The summed E-state index contributed by atoms with van der Waals surface area (Å²) in [5.41, 5.74) is 0. The van der Waals surface area contributed by atoms with Gasteiger partial charge in [-0.25, -0.2) is 0 Å². The second kappa shape index (κ2) is 27.8. The van der Waals surface area contributed by atoms with Crippen molar-refractivity contribution in [3.63, 3.8) is 0 Å². The molecule has 0 aliphatic carbocycles. The Morgan fingerprint density at radius 3 is 1.83 bits per heavy atom. The molecule has 0 aromatic heterocycles. The Bertz CT molecular complexity index is 569. The van der Waals surface area contributed by atoms with E-state index in [0.29, 0.717) is 18.9 Å². The van der Waals surface area contributed by atoms with Crippen LogP contribution in [0.25, 0.3) is 0 Å². The molecule has 1 N–H and O–H groups in total. The Labute approximate surface area is 262 Å². The fourth-order valence-corrected chi connectivity index (χ4v) is 6.20. The zero-order valence-electron chi connectivity index (χ0n) is 28.8. The first kappa shape index (κ1) is 39.3. The molecule has 250 valence electrons. The standard InChI is InChI=1S/C36H73N3O3/c1-5-7-9-11-13-15-17-19-22-34(3)32-39(33-35(40)23-20-18-16-14-12-10-8-6-2)25-21-24-36(41)42-31-30-38-28-26-37(4)27-29-38/h34-35,40H,5-33H2,1-4H3. The number of esters is 1. The van der Waals surface area contributed by atoms with Crippen LogP contribution in [0.3, 0.4) is 0 Å². The van der Waals surface area contributed by atoms with Crippen molar-refractivity contribution in [2.75, 3.05) is 66.0 Å². The zero-order chi connectivity index (χ0) is 30.7. The van der Waals surface area contributed by atoms with Gasteiger partial charge < -0.3 is 19.6 Å². The molecule has 6 nitrogen and oxygen atoms in total. The number of aliphatic hydroxyl groups is 1. The van der Waals surface area contributed by atoms with Crippen LogP contribution in [0, 0.1) is 5.92 Å². The lowest BCUT2D eigenvalue weighted by molar-refractivity contribution is -0.144. The van der Waals surface area contributed by atoms with E-state index in [9.17, 15) is 9.90 Å². The van der Waals surface area contributed by atoms with Crippen LogP contribution in [0.1, 0.15) is 149 Å². The first-order chi connectivity index (χ1) is 20.4. The van der Waals surface area contributed by atoms with E-state index in [-0.39, 0.29) is 12.1 Å². The highest BCUT2D eigenvalue weighted by atomic mass is 16.5. The van der Waals surface area contributed by atoms with E-state index in [1.165, 1.54) is 103 Å². The fraction of sp³-hybridized carbons (Fsp3) is 0.972. The van der Waals surface area contributed by atoms with Crippen molar-refractivity contribution in [2.45, 2.75) is 155 Å². The Hall–Kier alpha value is -0.690. The number of carbonyl (C=O) groups is 1. The summed E-state index contributed by atoms with van der Waals surface area (Å²) in [7, 11) is 2.16. The number of ether oxygens (including phenoxy) is 1. The van der Waals surface area contributed by atoms with Gasteiger partial charge in [0.2, 0.25) is 0 Å². The minimum absolute atomic E-state index is 0.0736. The van der Waals surface area contributed by atoms with Crippen LogP contribution in [0.15, 0.2) is 0 Å². The summed E-state index contributed by atoms with van der Waals surface area (Å²) in [5.74, 6) is 0.548. The number of aliphatic hydroxyl groups excluding tert-OH is 1. The number of nitrogens with zero attached hydrogens (tertiary/aromatic N) is 3. The number of unbranched alkanes of at least 4 members (excludes halogenated alkanes) is 14. The van der Waals surface area contributed by atoms with Gasteiger partial charge in [0.15, 0.2) is 0 Å². The van der Waals surface area contributed by atoms with Crippen LogP contribution in [-0.4, -0.2) is 97.9 Å². The van der Waals surface area contributed by atoms with Gasteiger partial charge >= 0.3 is 5.97 Å². The predicted octanol–water partition coefficient (Wildman–Crippen LogP) is 7.92. The lowest BCUT2D eigenvalue weighted by Gasteiger charge is -2.32. The highest BCUT2D eigenvalue weighted by molar-refractivity contribution is 5.69. The average molecular weight is 596 g/mol. The van der Waals surface area contributed by atoms with Gasteiger partial charge in [0, 0.05) is 52.2 Å². The first-order valence-corrected chi connectivity index (χ1v) is 18.4. The third-order valence-corrected chi connectivity index (χ3v) is 9.10. The summed E-state index contributed by atoms with van der Waals surface area (Å²) in [5, 5.41) is 10.9. The van der Waals surface area contributed by atoms with Gasteiger partial charge in [-0.05, 0) is 38.8 Å². The van der Waals surface area contributed by atoms with E-state index in [2.05, 4.69) is 42.5 Å². The van der Waals surface area contributed by atoms with Gasteiger partial charge in [-0.2, -0.15) is 0 Å². The van der Waals surface area contributed by atoms with E-state index in [1.54, 1.807) is 0 Å². The molecule has 0 aromatic rings. The second-order valence-corrected chi connectivity index (χ2v) is 13.5. The lowest BCUT2D eigenvalue weighted by atomic mass is 10.00. The molecule has 1 heterocycles. The number of piperazine rings is 1. The zero-order valence-corrected chi connectivity index (χ0v) is 28.8. The van der Waals surface area contributed by atoms with E-state index in [1.807, 2.05) is 0 Å². The van der Waals surface area contributed by atoms with Gasteiger partial charge in [0.25, 0.3) is 0 Å². The summed E-state index contributed by atoms with van der Waals surface area (Å²) < 4.78 is 5.57.